The average Bonchev–Trinajstić information content (AvgIpc) is 3.00. The molecule has 1 aromatic heterocycles. The van der Waals surface area contributed by atoms with Crippen molar-refractivity contribution in [3.8, 4) is 22.8 Å². The topological polar surface area (TPSA) is 111 Å². The van der Waals surface area contributed by atoms with Gasteiger partial charge < -0.3 is 5.73 Å². The van der Waals surface area contributed by atoms with Gasteiger partial charge in [-0.3, -0.25) is 15.2 Å². The molecule has 0 fully saturated rings. The van der Waals surface area contributed by atoms with Crippen LogP contribution in [0.2, 0.25) is 0 Å². The number of benzene rings is 2. The molecular formula is C15H13N5O2. The number of nitro groups is 1. The number of hydrogen-bond acceptors (Lipinski definition) is 5. The highest BCUT2D eigenvalue weighted by molar-refractivity contribution is 5.66. The summed E-state index contributed by atoms with van der Waals surface area (Å²) in [5.74, 6) is 0.964. The maximum atomic E-state index is 10.8. The Labute approximate surface area is 126 Å². The van der Waals surface area contributed by atoms with Gasteiger partial charge in [0.05, 0.1) is 4.92 Å². The Morgan fingerprint density at radius 1 is 1.18 bits per heavy atom. The summed E-state index contributed by atoms with van der Waals surface area (Å²) in [4.78, 5) is 14.8. The first kappa shape index (κ1) is 13.7. The smallest absolute Gasteiger partial charge is 0.270 e. The summed E-state index contributed by atoms with van der Waals surface area (Å²) in [5.41, 5.74) is 8.95. The Bertz CT molecular complexity index is 857. The molecule has 110 valence electrons. The van der Waals surface area contributed by atoms with Gasteiger partial charge in [0.15, 0.2) is 11.6 Å². The van der Waals surface area contributed by atoms with E-state index in [1.54, 1.807) is 12.1 Å². The van der Waals surface area contributed by atoms with Crippen molar-refractivity contribution in [2.24, 2.45) is 0 Å². The number of rotatable bonds is 3. The quantitative estimate of drug-likeness (QED) is 0.438. The number of hydrogen-bond donors (Lipinski definition) is 2. The first-order valence-electron chi connectivity index (χ1n) is 6.58. The number of anilines is 1. The standard InChI is InChI=1S/C15H13N5O2/c1-9-5-6-11(8-13(9)16)15-17-14(18-19-15)10-3-2-4-12(7-10)20(21)22/h2-8H,16H2,1H3,(H,17,18,19). The molecule has 0 unspecified atom stereocenters. The van der Waals surface area contributed by atoms with Crippen LogP contribution in [0.3, 0.4) is 0 Å². The summed E-state index contributed by atoms with van der Waals surface area (Å²) < 4.78 is 0. The lowest BCUT2D eigenvalue weighted by atomic mass is 10.1. The van der Waals surface area contributed by atoms with Crippen LogP contribution in [0.5, 0.6) is 0 Å². The third-order valence-electron chi connectivity index (χ3n) is 3.35. The van der Waals surface area contributed by atoms with Gasteiger partial charge in [0.25, 0.3) is 5.69 Å². The zero-order valence-corrected chi connectivity index (χ0v) is 11.8. The fourth-order valence-corrected chi connectivity index (χ4v) is 2.07. The van der Waals surface area contributed by atoms with Crippen LogP contribution in [0.25, 0.3) is 22.8 Å². The SMILES string of the molecule is Cc1ccc(-c2nc(-c3cccc([N+](=O)[O-])c3)n[nH]2)cc1N. The summed E-state index contributed by atoms with van der Waals surface area (Å²) in [6.45, 7) is 1.92. The Balaban J connectivity index is 1.98. The van der Waals surface area contributed by atoms with E-state index >= 15 is 0 Å². The fraction of sp³-hybridized carbons (Fsp3) is 0.0667. The molecule has 0 saturated carbocycles. The summed E-state index contributed by atoms with van der Waals surface area (Å²) in [5, 5.41) is 17.8. The first-order valence-corrected chi connectivity index (χ1v) is 6.58. The predicted octanol–water partition coefficient (Wildman–Crippen LogP) is 2.94. The molecule has 7 heteroatoms. The van der Waals surface area contributed by atoms with E-state index in [1.807, 2.05) is 25.1 Å². The number of aryl methyl sites for hydroxylation is 1. The van der Waals surface area contributed by atoms with Crippen molar-refractivity contribution >= 4 is 11.4 Å². The van der Waals surface area contributed by atoms with Crippen LogP contribution in [0.15, 0.2) is 42.5 Å². The van der Waals surface area contributed by atoms with Gasteiger partial charge in [-0.25, -0.2) is 4.98 Å². The van der Waals surface area contributed by atoms with Crippen LogP contribution in [-0.2, 0) is 0 Å². The number of aromatic amines is 1. The van der Waals surface area contributed by atoms with Crippen LogP contribution in [0.4, 0.5) is 11.4 Å². The number of H-pyrrole nitrogens is 1. The average molecular weight is 295 g/mol. The number of nitro benzene ring substituents is 1. The molecule has 0 radical (unpaired) electrons. The van der Waals surface area contributed by atoms with E-state index in [9.17, 15) is 10.1 Å². The van der Waals surface area contributed by atoms with Gasteiger partial charge >= 0.3 is 0 Å². The molecule has 7 nitrogen and oxygen atoms in total. The minimum absolute atomic E-state index is 0.00318. The van der Waals surface area contributed by atoms with Crippen molar-refractivity contribution in [3.05, 3.63) is 58.1 Å². The molecule has 2 aromatic carbocycles. The molecule has 0 aliphatic rings. The Morgan fingerprint density at radius 2 is 2.00 bits per heavy atom. The van der Waals surface area contributed by atoms with Crippen molar-refractivity contribution in [3.63, 3.8) is 0 Å². The van der Waals surface area contributed by atoms with E-state index in [1.165, 1.54) is 12.1 Å². The number of nitrogens with two attached hydrogens (primary N) is 1. The number of nitrogen functional groups attached to an aromatic ring is 1. The minimum atomic E-state index is -0.447. The van der Waals surface area contributed by atoms with Gasteiger partial charge in [-0.05, 0) is 18.6 Å². The lowest BCUT2D eigenvalue weighted by Crippen LogP contribution is -1.91. The van der Waals surface area contributed by atoms with E-state index in [0.717, 1.165) is 11.1 Å². The molecule has 3 N–H and O–H groups in total. The highest BCUT2D eigenvalue weighted by atomic mass is 16.6. The zero-order chi connectivity index (χ0) is 15.7. The molecule has 0 bridgehead atoms. The molecule has 0 saturated heterocycles. The zero-order valence-electron chi connectivity index (χ0n) is 11.8. The molecule has 3 aromatic rings. The Morgan fingerprint density at radius 3 is 2.73 bits per heavy atom. The Hall–Kier alpha value is -3.22. The normalized spacial score (nSPS) is 10.6. The molecule has 22 heavy (non-hydrogen) atoms. The monoisotopic (exact) mass is 295 g/mol. The van der Waals surface area contributed by atoms with Crippen LogP contribution < -0.4 is 5.73 Å². The summed E-state index contributed by atoms with van der Waals surface area (Å²) in [6.07, 6.45) is 0. The van der Waals surface area contributed by atoms with E-state index in [4.69, 9.17) is 5.73 Å². The van der Waals surface area contributed by atoms with Crippen LogP contribution in [-0.4, -0.2) is 20.1 Å². The molecule has 3 rings (SSSR count). The van der Waals surface area contributed by atoms with Gasteiger partial charge in [0, 0.05) is 28.9 Å². The first-order chi connectivity index (χ1) is 10.5. The lowest BCUT2D eigenvalue weighted by molar-refractivity contribution is -0.384. The second-order valence-electron chi connectivity index (χ2n) is 4.89. The van der Waals surface area contributed by atoms with Crippen molar-refractivity contribution in [1.29, 1.82) is 0 Å². The number of nitrogens with zero attached hydrogens (tertiary/aromatic N) is 3. The summed E-state index contributed by atoms with van der Waals surface area (Å²) in [7, 11) is 0. The molecule has 0 amide bonds. The molecule has 1 heterocycles. The van der Waals surface area contributed by atoms with E-state index < -0.39 is 4.92 Å². The van der Waals surface area contributed by atoms with Crippen LogP contribution >= 0.6 is 0 Å². The summed E-state index contributed by atoms with van der Waals surface area (Å²) >= 11 is 0. The third kappa shape index (κ3) is 2.51. The maximum Gasteiger partial charge on any atom is 0.270 e. The number of nitrogens with one attached hydrogen (secondary N) is 1. The van der Waals surface area contributed by atoms with E-state index in [0.29, 0.717) is 22.9 Å². The lowest BCUT2D eigenvalue weighted by Gasteiger charge is -2.01. The van der Waals surface area contributed by atoms with Crippen molar-refractivity contribution in [2.45, 2.75) is 6.92 Å². The van der Waals surface area contributed by atoms with Gasteiger partial charge in [-0.1, -0.05) is 24.3 Å². The molecular weight excluding hydrogens is 282 g/mol. The number of aromatic nitrogens is 3. The van der Waals surface area contributed by atoms with E-state index in [2.05, 4.69) is 15.2 Å². The number of non-ortho nitro benzene ring substituents is 1. The molecule has 0 atom stereocenters. The highest BCUT2D eigenvalue weighted by Gasteiger charge is 2.12. The highest BCUT2D eigenvalue weighted by Crippen LogP contribution is 2.25. The van der Waals surface area contributed by atoms with Crippen molar-refractivity contribution < 1.29 is 4.92 Å². The Kier molecular flexibility index (Phi) is 3.30. The van der Waals surface area contributed by atoms with Crippen molar-refractivity contribution in [2.75, 3.05) is 5.73 Å². The second kappa shape index (κ2) is 5.28. The predicted molar refractivity (Wildman–Crippen MR) is 83.1 cm³/mol. The van der Waals surface area contributed by atoms with Gasteiger partial charge in [-0.15, -0.1) is 0 Å². The summed E-state index contributed by atoms with van der Waals surface area (Å²) in [6, 6.07) is 11.8. The van der Waals surface area contributed by atoms with Gasteiger partial charge in [0.2, 0.25) is 0 Å². The molecule has 0 aliphatic carbocycles. The van der Waals surface area contributed by atoms with Gasteiger partial charge in [-0.2, -0.15) is 5.10 Å². The molecule has 0 aliphatic heterocycles. The van der Waals surface area contributed by atoms with Gasteiger partial charge in [0.1, 0.15) is 0 Å². The molecule has 0 spiro atoms. The largest absolute Gasteiger partial charge is 0.398 e. The minimum Gasteiger partial charge on any atom is -0.398 e. The third-order valence-corrected chi connectivity index (χ3v) is 3.35. The van der Waals surface area contributed by atoms with Crippen LogP contribution in [0, 0.1) is 17.0 Å². The van der Waals surface area contributed by atoms with E-state index in [-0.39, 0.29) is 5.69 Å². The van der Waals surface area contributed by atoms with Crippen molar-refractivity contribution in [1.82, 2.24) is 15.2 Å². The maximum absolute atomic E-state index is 10.8. The second-order valence-corrected chi connectivity index (χ2v) is 4.89. The fourth-order valence-electron chi connectivity index (χ4n) is 2.07. The van der Waals surface area contributed by atoms with Crippen LogP contribution in [0.1, 0.15) is 5.56 Å².